The number of anilines is 1. The minimum Gasteiger partial charge on any atom is -0.398 e. The normalized spacial score (nSPS) is 12.4. The number of nitrogen functional groups attached to an aromatic ring is 1. The van der Waals surface area contributed by atoms with Crippen LogP contribution in [0.25, 0.3) is 5.65 Å². The van der Waals surface area contributed by atoms with Crippen LogP contribution in [0, 0.1) is 18.8 Å². The summed E-state index contributed by atoms with van der Waals surface area (Å²) in [7, 11) is 0. The molecular weight excluding hydrogens is 354 g/mol. The molecule has 3 heterocycles. The monoisotopic (exact) mass is 370 g/mol. The molecule has 0 saturated carbocycles. The fraction of sp³-hybridized carbons (Fsp3) is 0.100. The van der Waals surface area contributed by atoms with Gasteiger partial charge in [0.25, 0.3) is 12.1 Å². The summed E-state index contributed by atoms with van der Waals surface area (Å²) in [5.74, 6) is 7.29. The molecule has 4 rings (SSSR count). The number of amidine groups is 2. The van der Waals surface area contributed by atoms with E-state index in [0.717, 1.165) is 11.1 Å². The largest absolute Gasteiger partial charge is 0.398 e. The van der Waals surface area contributed by atoms with Crippen molar-refractivity contribution in [3.63, 3.8) is 0 Å². The van der Waals surface area contributed by atoms with E-state index in [1.807, 2.05) is 13.0 Å². The lowest BCUT2D eigenvalue weighted by molar-refractivity contribution is 0.0977. The molecule has 0 spiro atoms. The first-order valence-electron chi connectivity index (χ1n) is 8.50. The van der Waals surface area contributed by atoms with Crippen molar-refractivity contribution in [1.82, 2.24) is 24.6 Å². The van der Waals surface area contributed by atoms with Crippen molar-refractivity contribution in [3.8, 4) is 11.8 Å². The van der Waals surface area contributed by atoms with Crippen LogP contribution in [0.5, 0.6) is 0 Å². The Hall–Kier alpha value is -4.21. The summed E-state index contributed by atoms with van der Waals surface area (Å²) in [6, 6.07) is 8.86. The number of carbonyl (C=O) groups is 1. The van der Waals surface area contributed by atoms with Gasteiger partial charge in [0.2, 0.25) is 5.82 Å². The molecule has 0 bridgehead atoms. The summed E-state index contributed by atoms with van der Waals surface area (Å²) in [6.45, 7) is 3.69. The molecule has 8 nitrogen and oxygen atoms in total. The Bertz CT molecular complexity index is 1280. The molecule has 0 fully saturated rings. The van der Waals surface area contributed by atoms with Gasteiger partial charge in [0.15, 0.2) is 5.65 Å². The predicted octanol–water partition coefficient (Wildman–Crippen LogP) is 0.718. The van der Waals surface area contributed by atoms with Gasteiger partial charge in [-0.25, -0.2) is 4.67 Å². The van der Waals surface area contributed by atoms with Gasteiger partial charge in [-0.3, -0.25) is 14.5 Å². The number of fused-ring (bicyclic) bond motifs is 1. The molecule has 0 radical (unpaired) electrons. The molecule has 0 atom stereocenters. The summed E-state index contributed by atoms with van der Waals surface area (Å²) in [5.41, 5.74) is 9.22. The van der Waals surface area contributed by atoms with Crippen LogP contribution in [0.2, 0.25) is 0 Å². The quantitative estimate of drug-likeness (QED) is 0.485. The van der Waals surface area contributed by atoms with Crippen LogP contribution in [-0.2, 0) is 0 Å². The van der Waals surface area contributed by atoms with E-state index in [1.165, 1.54) is 6.21 Å². The number of nitrogens with one attached hydrogen (secondary N) is 1. The van der Waals surface area contributed by atoms with E-state index in [4.69, 9.17) is 5.73 Å². The first-order chi connectivity index (χ1) is 13.5. The van der Waals surface area contributed by atoms with E-state index in [-0.39, 0.29) is 5.91 Å². The zero-order valence-corrected chi connectivity index (χ0v) is 15.3. The van der Waals surface area contributed by atoms with Gasteiger partial charge in [0, 0.05) is 23.0 Å². The van der Waals surface area contributed by atoms with Gasteiger partial charge in [-0.15, -0.1) is 10.2 Å². The molecule has 1 aromatic carbocycles. The number of nitrogens with zero attached hydrogens (tertiary/aromatic N) is 5. The van der Waals surface area contributed by atoms with E-state index in [1.54, 1.807) is 41.8 Å². The molecule has 0 aliphatic carbocycles. The first-order valence-corrected chi connectivity index (χ1v) is 8.50. The number of aliphatic imine (C=N–C) groups is 1. The lowest BCUT2D eigenvalue weighted by atomic mass is 10.0. The van der Waals surface area contributed by atoms with Crippen molar-refractivity contribution in [2.45, 2.75) is 13.8 Å². The molecular formula is C20H16N7O+. The molecule has 28 heavy (non-hydrogen) atoms. The molecule has 8 heteroatoms. The van der Waals surface area contributed by atoms with Crippen LogP contribution < -0.4 is 15.7 Å². The Labute approximate surface area is 160 Å². The smallest absolute Gasteiger partial charge is 0.389 e. The maximum atomic E-state index is 12.5. The Kier molecular flexibility index (Phi) is 4.20. The van der Waals surface area contributed by atoms with E-state index >= 15 is 0 Å². The molecule has 1 amide bonds. The average molecular weight is 370 g/mol. The number of carbonyl (C=O) groups excluding carboxylic acids is 1. The highest BCUT2D eigenvalue weighted by Gasteiger charge is 2.18. The molecule has 136 valence electrons. The lowest BCUT2D eigenvalue weighted by Crippen LogP contribution is -2.31. The molecule has 2 aromatic heterocycles. The highest BCUT2D eigenvalue weighted by atomic mass is 16.1. The van der Waals surface area contributed by atoms with Crippen molar-refractivity contribution >= 4 is 35.1 Å². The number of hydrogen-bond donors (Lipinski definition) is 2. The Balaban J connectivity index is 1.62. The van der Waals surface area contributed by atoms with Gasteiger partial charge < -0.3 is 5.73 Å². The van der Waals surface area contributed by atoms with Crippen molar-refractivity contribution in [3.05, 3.63) is 59.0 Å². The van der Waals surface area contributed by atoms with Gasteiger partial charge in [-0.05, 0) is 47.7 Å². The van der Waals surface area contributed by atoms with Crippen LogP contribution in [0.15, 0.2) is 41.5 Å². The zero-order chi connectivity index (χ0) is 19.7. The molecule has 0 unspecified atom stereocenters. The van der Waals surface area contributed by atoms with Gasteiger partial charge in [-0.1, -0.05) is 12.0 Å². The van der Waals surface area contributed by atoms with Gasteiger partial charge in [0.1, 0.15) is 0 Å². The van der Waals surface area contributed by atoms with Crippen LogP contribution in [0.3, 0.4) is 0 Å². The number of amides is 1. The van der Waals surface area contributed by atoms with Crippen LogP contribution >= 0.6 is 0 Å². The number of nitrogens with two attached hydrogens (primary N) is 1. The van der Waals surface area contributed by atoms with Gasteiger partial charge in [-0.2, -0.15) is 0 Å². The van der Waals surface area contributed by atoms with Crippen molar-refractivity contribution in [2.24, 2.45) is 4.99 Å². The third kappa shape index (κ3) is 3.38. The fourth-order valence-electron chi connectivity index (χ4n) is 2.65. The standard InChI is InChI=1S/C20H15N7O/c1-12-3-4-15(20(28)24-17-10-22-13(2)23-17)9-14(12)5-7-18-25-26-19-8-6-16(21)11-27(18)19/h3-4,6,8-11H,21H2,1-2H3/p+1. The van der Waals surface area contributed by atoms with E-state index in [0.29, 0.717) is 34.4 Å². The number of aryl methyl sites for hydroxylation is 1. The maximum absolute atomic E-state index is 12.5. The van der Waals surface area contributed by atoms with Crippen molar-refractivity contribution in [2.75, 3.05) is 5.73 Å². The van der Waals surface area contributed by atoms with Crippen molar-refractivity contribution < 1.29 is 4.79 Å². The van der Waals surface area contributed by atoms with Gasteiger partial charge in [0.05, 0.1) is 6.92 Å². The highest BCUT2D eigenvalue weighted by Crippen LogP contribution is 2.12. The first kappa shape index (κ1) is 17.2. The number of benzene rings is 1. The summed E-state index contributed by atoms with van der Waals surface area (Å²) in [4.78, 5) is 16.6. The number of aromatic nitrogens is 3. The minimum absolute atomic E-state index is 0.274. The van der Waals surface area contributed by atoms with Crippen molar-refractivity contribution in [1.29, 1.82) is 0 Å². The number of pyridine rings is 1. The SMILES string of the molecule is CC1=[N+]=CC(NC(=O)c2ccc(C)c(C#Cc3nnc4ccc(N)cn34)c2)=N1. The summed E-state index contributed by atoms with van der Waals surface area (Å²) >= 11 is 0. The summed E-state index contributed by atoms with van der Waals surface area (Å²) < 4.78 is 5.74. The maximum Gasteiger partial charge on any atom is 0.389 e. The Morgan fingerprint density at radius 1 is 1.18 bits per heavy atom. The number of rotatable bonds is 1. The van der Waals surface area contributed by atoms with Crippen LogP contribution in [0.4, 0.5) is 5.69 Å². The second kappa shape index (κ2) is 6.83. The van der Waals surface area contributed by atoms with Crippen LogP contribution in [0.1, 0.15) is 34.2 Å². The molecule has 0 saturated heterocycles. The highest BCUT2D eigenvalue weighted by molar-refractivity contribution is 6.37. The van der Waals surface area contributed by atoms with E-state index in [9.17, 15) is 4.79 Å². The second-order valence-electron chi connectivity index (χ2n) is 6.25. The topological polar surface area (TPSA) is 112 Å². The van der Waals surface area contributed by atoms with Crippen LogP contribution in [-0.4, -0.2) is 38.4 Å². The molecule has 3 aromatic rings. The third-order valence-corrected chi connectivity index (χ3v) is 4.13. The Morgan fingerprint density at radius 2 is 2.04 bits per heavy atom. The second-order valence-corrected chi connectivity index (χ2v) is 6.25. The third-order valence-electron chi connectivity index (χ3n) is 4.13. The lowest BCUT2D eigenvalue weighted by Gasteiger charge is -2.03. The summed E-state index contributed by atoms with van der Waals surface area (Å²) in [6.07, 6.45) is 3.24. The molecule has 3 N–H and O–H groups in total. The summed E-state index contributed by atoms with van der Waals surface area (Å²) in [5, 5.41) is 10.9. The number of hydrogen-bond acceptors (Lipinski definition) is 5. The average Bonchev–Trinajstić information content (AvgIpc) is 3.26. The molecule has 1 aliphatic rings. The Morgan fingerprint density at radius 3 is 2.82 bits per heavy atom. The van der Waals surface area contributed by atoms with E-state index < -0.39 is 0 Å². The predicted molar refractivity (Wildman–Crippen MR) is 108 cm³/mol. The molecule has 1 aliphatic heterocycles. The zero-order valence-electron chi connectivity index (χ0n) is 15.3. The minimum atomic E-state index is -0.274. The fourth-order valence-corrected chi connectivity index (χ4v) is 2.65. The van der Waals surface area contributed by atoms with E-state index in [2.05, 4.69) is 37.0 Å². The van der Waals surface area contributed by atoms with Gasteiger partial charge >= 0.3 is 11.7 Å².